The minimum Gasteiger partial charge on any atom is -0.394 e. The van der Waals surface area contributed by atoms with E-state index in [0.717, 1.165) is 0 Å². The van der Waals surface area contributed by atoms with Crippen molar-refractivity contribution in [1.82, 2.24) is 9.55 Å². The van der Waals surface area contributed by atoms with E-state index in [2.05, 4.69) is 10.3 Å². The summed E-state index contributed by atoms with van der Waals surface area (Å²) < 4.78 is 11.7. The van der Waals surface area contributed by atoms with E-state index >= 15 is 0 Å². The molecule has 22 heavy (non-hydrogen) atoms. The van der Waals surface area contributed by atoms with Crippen molar-refractivity contribution in [3.05, 3.63) is 22.2 Å². The normalized spacial score (nSPS) is 24.5. The van der Waals surface area contributed by atoms with Gasteiger partial charge in [-0.05, 0) is 0 Å². The number of carbonyl (C=O) groups is 1. The quantitative estimate of drug-likeness (QED) is 0.636. The summed E-state index contributed by atoms with van der Waals surface area (Å²) in [6, 6.07) is 0. The van der Waals surface area contributed by atoms with Crippen LogP contribution >= 0.6 is 0 Å². The van der Waals surface area contributed by atoms with E-state index in [4.69, 9.17) is 14.6 Å². The fourth-order valence-corrected chi connectivity index (χ4v) is 2.30. The molecule has 0 saturated carbocycles. The number of ether oxygens (including phenoxy) is 2. The van der Waals surface area contributed by atoms with Crippen LogP contribution in [0.2, 0.25) is 0 Å². The van der Waals surface area contributed by atoms with Crippen LogP contribution in [0.25, 0.3) is 0 Å². The van der Waals surface area contributed by atoms with Crippen LogP contribution in [0.15, 0.2) is 11.0 Å². The summed E-state index contributed by atoms with van der Waals surface area (Å²) in [6.45, 7) is 1.11. The van der Waals surface area contributed by atoms with Crippen LogP contribution in [0.4, 0.5) is 5.82 Å². The Labute approximate surface area is 126 Å². The van der Waals surface area contributed by atoms with E-state index in [0.29, 0.717) is 5.56 Å². The summed E-state index contributed by atoms with van der Waals surface area (Å²) in [5, 5.41) is 21.3. The Bertz CT molecular complexity index is 602. The molecule has 9 heteroatoms. The second-order valence-corrected chi connectivity index (χ2v) is 5.03. The van der Waals surface area contributed by atoms with Gasteiger partial charge in [0, 0.05) is 32.2 Å². The summed E-state index contributed by atoms with van der Waals surface area (Å²) in [5.74, 6) is -0.220. The molecule has 0 spiro atoms. The summed E-state index contributed by atoms with van der Waals surface area (Å²) >= 11 is 0. The second-order valence-electron chi connectivity index (χ2n) is 5.03. The lowest BCUT2D eigenvalue weighted by Gasteiger charge is -2.17. The fourth-order valence-electron chi connectivity index (χ4n) is 2.30. The van der Waals surface area contributed by atoms with Gasteiger partial charge in [-0.25, -0.2) is 4.79 Å². The standard InChI is InChI=1S/C13H19N3O6/c1-7(18)14-12-8(6-21-2)4-16(13(20)15-12)11-3-9(19)10(5-17)22-11/h4,9-11,17,19H,3,5-6H2,1-2H3,(H,14,15,18,20)/t9-,10+,11+/m0/s1. The third kappa shape index (κ3) is 3.50. The largest absolute Gasteiger partial charge is 0.394 e. The maximum absolute atomic E-state index is 12.1. The number of aliphatic hydroxyl groups excluding tert-OH is 2. The monoisotopic (exact) mass is 313 g/mol. The zero-order chi connectivity index (χ0) is 16.3. The van der Waals surface area contributed by atoms with E-state index in [1.165, 1.54) is 24.8 Å². The number of amides is 1. The molecular weight excluding hydrogens is 294 g/mol. The highest BCUT2D eigenvalue weighted by Gasteiger charge is 2.35. The third-order valence-electron chi connectivity index (χ3n) is 3.32. The van der Waals surface area contributed by atoms with Crippen molar-refractivity contribution < 1.29 is 24.5 Å². The number of aliphatic hydroxyl groups is 2. The molecule has 0 aromatic carbocycles. The molecule has 2 heterocycles. The molecular formula is C13H19N3O6. The molecule has 0 bridgehead atoms. The molecule has 1 aromatic rings. The van der Waals surface area contributed by atoms with E-state index in [-0.39, 0.29) is 31.4 Å². The van der Waals surface area contributed by atoms with Crippen LogP contribution in [0.1, 0.15) is 25.1 Å². The highest BCUT2D eigenvalue weighted by atomic mass is 16.5. The van der Waals surface area contributed by atoms with Crippen LogP contribution in [-0.4, -0.2) is 51.6 Å². The van der Waals surface area contributed by atoms with Crippen LogP contribution < -0.4 is 11.0 Å². The molecule has 1 aromatic heterocycles. The molecule has 1 aliphatic rings. The van der Waals surface area contributed by atoms with E-state index in [1.807, 2.05) is 0 Å². The van der Waals surface area contributed by atoms with Gasteiger partial charge in [0.25, 0.3) is 0 Å². The van der Waals surface area contributed by atoms with Gasteiger partial charge in [0.1, 0.15) is 18.1 Å². The highest BCUT2D eigenvalue weighted by Crippen LogP contribution is 2.28. The van der Waals surface area contributed by atoms with Crippen molar-refractivity contribution in [3.8, 4) is 0 Å². The molecule has 3 N–H and O–H groups in total. The Morgan fingerprint density at radius 1 is 1.64 bits per heavy atom. The van der Waals surface area contributed by atoms with Crippen molar-refractivity contribution in [1.29, 1.82) is 0 Å². The first kappa shape index (κ1) is 16.6. The summed E-state index contributed by atoms with van der Waals surface area (Å²) in [4.78, 5) is 27.1. The minimum absolute atomic E-state index is 0.132. The van der Waals surface area contributed by atoms with Gasteiger partial charge in [0.05, 0.1) is 19.3 Å². The Morgan fingerprint density at radius 3 is 2.91 bits per heavy atom. The maximum atomic E-state index is 12.1. The molecule has 2 rings (SSSR count). The number of rotatable bonds is 5. The number of aromatic nitrogens is 2. The fraction of sp³-hybridized carbons (Fsp3) is 0.615. The maximum Gasteiger partial charge on any atom is 0.351 e. The van der Waals surface area contributed by atoms with Gasteiger partial charge in [-0.15, -0.1) is 0 Å². The lowest BCUT2D eigenvalue weighted by atomic mass is 10.2. The van der Waals surface area contributed by atoms with E-state index < -0.39 is 24.1 Å². The predicted molar refractivity (Wildman–Crippen MR) is 75.1 cm³/mol. The number of carbonyl (C=O) groups excluding carboxylic acids is 1. The Morgan fingerprint density at radius 2 is 2.36 bits per heavy atom. The van der Waals surface area contributed by atoms with Gasteiger partial charge in [-0.1, -0.05) is 0 Å². The van der Waals surface area contributed by atoms with Gasteiger partial charge in [-0.2, -0.15) is 4.98 Å². The number of methoxy groups -OCH3 is 1. The molecule has 1 fully saturated rings. The molecule has 1 saturated heterocycles. The number of hydrogen-bond acceptors (Lipinski definition) is 7. The third-order valence-corrected chi connectivity index (χ3v) is 3.32. The van der Waals surface area contributed by atoms with E-state index in [1.54, 1.807) is 0 Å². The topological polar surface area (TPSA) is 123 Å². The first-order valence-electron chi connectivity index (χ1n) is 6.79. The first-order chi connectivity index (χ1) is 10.5. The molecule has 3 atom stereocenters. The average Bonchev–Trinajstić information content (AvgIpc) is 2.82. The molecule has 9 nitrogen and oxygen atoms in total. The van der Waals surface area contributed by atoms with Crippen LogP contribution in [0.3, 0.4) is 0 Å². The van der Waals surface area contributed by atoms with Gasteiger partial charge >= 0.3 is 5.69 Å². The zero-order valence-electron chi connectivity index (χ0n) is 12.4. The summed E-state index contributed by atoms with van der Waals surface area (Å²) in [6.07, 6.45) is -0.685. The smallest absolute Gasteiger partial charge is 0.351 e. The molecule has 122 valence electrons. The highest BCUT2D eigenvalue weighted by molar-refractivity contribution is 5.88. The SMILES string of the molecule is COCc1cn([C@H]2C[C@H](O)[C@@H](CO)O2)c(=O)nc1NC(C)=O. The molecule has 0 unspecified atom stereocenters. The zero-order valence-corrected chi connectivity index (χ0v) is 12.4. The second kappa shape index (κ2) is 6.97. The Balaban J connectivity index is 2.35. The minimum atomic E-state index is -0.859. The number of hydrogen-bond donors (Lipinski definition) is 3. The van der Waals surface area contributed by atoms with Crippen molar-refractivity contribution in [2.24, 2.45) is 0 Å². The summed E-state index contributed by atoms with van der Waals surface area (Å²) in [7, 11) is 1.48. The van der Waals surface area contributed by atoms with Gasteiger partial charge in [0.15, 0.2) is 0 Å². The van der Waals surface area contributed by atoms with Gasteiger partial charge < -0.3 is 25.0 Å². The van der Waals surface area contributed by atoms with Gasteiger partial charge in [0.2, 0.25) is 5.91 Å². The van der Waals surface area contributed by atoms with Crippen LogP contribution in [0.5, 0.6) is 0 Å². The van der Waals surface area contributed by atoms with Crippen molar-refractivity contribution in [2.45, 2.75) is 38.4 Å². The van der Waals surface area contributed by atoms with Crippen LogP contribution in [0, 0.1) is 0 Å². The number of nitrogens with one attached hydrogen (secondary N) is 1. The Hall–Kier alpha value is -1.81. The Kier molecular flexibility index (Phi) is 5.24. The lowest BCUT2D eigenvalue weighted by molar-refractivity contribution is -0.114. The number of anilines is 1. The van der Waals surface area contributed by atoms with Crippen LogP contribution in [-0.2, 0) is 20.9 Å². The predicted octanol–water partition coefficient (Wildman–Crippen LogP) is -1.01. The lowest BCUT2D eigenvalue weighted by Crippen LogP contribution is -2.30. The van der Waals surface area contributed by atoms with Crippen molar-refractivity contribution >= 4 is 11.7 Å². The van der Waals surface area contributed by atoms with E-state index in [9.17, 15) is 14.7 Å². The van der Waals surface area contributed by atoms with Gasteiger partial charge in [-0.3, -0.25) is 9.36 Å². The molecule has 0 radical (unpaired) electrons. The van der Waals surface area contributed by atoms with Crippen molar-refractivity contribution in [3.63, 3.8) is 0 Å². The molecule has 0 aliphatic carbocycles. The molecule has 1 aliphatic heterocycles. The summed E-state index contributed by atoms with van der Waals surface area (Å²) in [5.41, 5.74) is -0.123. The molecule has 1 amide bonds. The van der Waals surface area contributed by atoms with Crippen molar-refractivity contribution in [2.75, 3.05) is 19.0 Å². The first-order valence-corrected chi connectivity index (χ1v) is 6.79. The number of nitrogens with zero attached hydrogens (tertiary/aromatic N) is 2. The average molecular weight is 313 g/mol.